The van der Waals surface area contributed by atoms with Crippen LogP contribution in [0.3, 0.4) is 0 Å². The molecular formula is C18H30N6O+2. The third-order valence-electron chi connectivity index (χ3n) is 5.81. The maximum atomic E-state index is 12.7. The van der Waals surface area contributed by atoms with Crippen molar-refractivity contribution in [3.8, 4) is 0 Å². The Morgan fingerprint density at radius 1 is 0.840 bits per heavy atom. The van der Waals surface area contributed by atoms with E-state index >= 15 is 0 Å². The SMILES string of the molecule is O=c1c2ncn(CC[NH+]3CCCCC3)c2ncn1C[NH+]1CCCCC1. The summed E-state index contributed by atoms with van der Waals surface area (Å²) in [5.74, 6) is 0. The standard InChI is InChI=1S/C18H28N6O/c25-18-16-17(20-14-24(18)15-22-9-5-2-6-10-22)23(13-19-16)12-11-21-7-3-1-4-8-21/h13-14H,1-12,15H2/p+2. The van der Waals surface area contributed by atoms with Gasteiger partial charge in [-0.3, -0.25) is 4.79 Å². The van der Waals surface area contributed by atoms with Gasteiger partial charge in [0, 0.05) is 0 Å². The molecule has 0 unspecified atom stereocenters. The lowest BCUT2D eigenvalue weighted by atomic mass is 10.1. The molecule has 25 heavy (non-hydrogen) atoms. The summed E-state index contributed by atoms with van der Waals surface area (Å²) in [6, 6.07) is 0. The molecule has 2 N–H and O–H groups in total. The van der Waals surface area contributed by atoms with Crippen LogP contribution in [0.5, 0.6) is 0 Å². The third kappa shape index (κ3) is 3.77. The Labute approximate surface area is 148 Å². The molecule has 0 amide bonds. The Hall–Kier alpha value is -1.73. The van der Waals surface area contributed by atoms with E-state index in [9.17, 15) is 4.79 Å². The highest BCUT2D eigenvalue weighted by atomic mass is 16.1. The number of nitrogens with zero attached hydrogens (tertiary/aromatic N) is 4. The van der Waals surface area contributed by atoms with Crippen molar-refractivity contribution in [2.75, 3.05) is 32.7 Å². The maximum absolute atomic E-state index is 12.7. The van der Waals surface area contributed by atoms with Gasteiger partial charge in [-0.15, -0.1) is 0 Å². The molecule has 2 aromatic heterocycles. The van der Waals surface area contributed by atoms with Crippen LogP contribution in [0.25, 0.3) is 11.2 Å². The summed E-state index contributed by atoms with van der Waals surface area (Å²) in [6.45, 7) is 7.53. The van der Waals surface area contributed by atoms with Crippen molar-refractivity contribution >= 4 is 11.2 Å². The van der Waals surface area contributed by atoms with Crippen molar-refractivity contribution in [1.82, 2.24) is 19.1 Å². The second kappa shape index (κ2) is 7.66. The molecule has 0 bridgehead atoms. The molecular weight excluding hydrogens is 316 g/mol. The molecule has 0 atom stereocenters. The summed E-state index contributed by atoms with van der Waals surface area (Å²) in [5.41, 5.74) is 1.27. The molecule has 0 aromatic carbocycles. The van der Waals surface area contributed by atoms with Gasteiger partial charge in [0.15, 0.2) is 17.8 Å². The molecule has 0 spiro atoms. The topological polar surface area (TPSA) is 61.6 Å². The van der Waals surface area contributed by atoms with E-state index in [1.807, 2.05) is 0 Å². The fraction of sp³-hybridized carbons (Fsp3) is 0.722. The van der Waals surface area contributed by atoms with Crippen molar-refractivity contribution in [2.24, 2.45) is 0 Å². The van der Waals surface area contributed by atoms with Crippen LogP contribution in [-0.4, -0.2) is 51.8 Å². The second-order valence-corrected chi connectivity index (χ2v) is 7.66. The second-order valence-electron chi connectivity index (χ2n) is 7.66. The molecule has 0 saturated carbocycles. The molecule has 7 heteroatoms. The zero-order valence-electron chi connectivity index (χ0n) is 15.0. The molecule has 2 aromatic rings. The lowest BCUT2D eigenvalue weighted by Gasteiger charge is -2.24. The minimum atomic E-state index is 0.00661. The summed E-state index contributed by atoms with van der Waals surface area (Å²) in [5, 5.41) is 0. The van der Waals surface area contributed by atoms with Crippen LogP contribution in [0.1, 0.15) is 38.5 Å². The first-order chi connectivity index (χ1) is 12.3. The fourth-order valence-corrected chi connectivity index (χ4v) is 4.28. The van der Waals surface area contributed by atoms with E-state index in [4.69, 9.17) is 0 Å². The number of likely N-dealkylation sites (tertiary alicyclic amines) is 2. The van der Waals surface area contributed by atoms with E-state index in [2.05, 4.69) is 14.5 Å². The van der Waals surface area contributed by atoms with Gasteiger partial charge in [-0.25, -0.2) is 14.5 Å². The number of rotatable bonds is 5. The maximum Gasteiger partial charge on any atom is 0.285 e. The van der Waals surface area contributed by atoms with Gasteiger partial charge in [0.2, 0.25) is 0 Å². The molecule has 4 heterocycles. The van der Waals surface area contributed by atoms with Gasteiger partial charge < -0.3 is 14.4 Å². The highest BCUT2D eigenvalue weighted by Gasteiger charge is 2.18. The number of hydrogen-bond donors (Lipinski definition) is 2. The number of hydrogen-bond acceptors (Lipinski definition) is 3. The lowest BCUT2D eigenvalue weighted by molar-refractivity contribution is -0.927. The highest BCUT2D eigenvalue weighted by molar-refractivity contribution is 5.68. The Morgan fingerprint density at radius 2 is 1.48 bits per heavy atom. The average molecular weight is 346 g/mol. The average Bonchev–Trinajstić information content (AvgIpc) is 3.08. The first-order valence-electron chi connectivity index (χ1n) is 9.89. The Morgan fingerprint density at radius 3 is 2.20 bits per heavy atom. The largest absolute Gasteiger partial charge is 0.333 e. The Balaban J connectivity index is 1.47. The molecule has 7 nitrogen and oxygen atoms in total. The van der Waals surface area contributed by atoms with Crippen molar-refractivity contribution < 1.29 is 9.80 Å². The molecule has 2 aliphatic heterocycles. The molecule has 2 aliphatic rings. The van der Waals surface area contributed by atoms with Gasteiger partial charge in [0.1, 0.15) is 6.33 Å². The van der Waals surface area contributed by atoms with E-state index in [1.54, 1.807) is 22.1 Å². The Bertz CT molecular complexity index is 755. The predicted octanol–water partition coefficient (Wildman–Crippen LogP) is -1.31. The van der Waals surface area contributed by atoms with E-state index in [0.29, 0.717) is 12.2 Å². The number of imidazole rings is 1. The van der Waals surface area contributed by atoms with E-state index in [0.717, 1.165) is 31.8 Å². The molecule has 0 radical (unpaired) electrons. The number of aromatic nitrogens is 4. The number of piperidine rings is 2. The van der Waals surface area contributed by atoms with E-state index < -0.39 is 0 Å². The summed E-state index contributed by atoms with van der Waals surface area (Å²) >= 11 is 0. The van der Waals surface area contributed by atoms with Crippen molar-refractivity contribution in [1.29, 1.82) is 0 Å². The summed E-state index contributed by atoms with van der Waals surface area (Å²) in [6.07, 6.45) is 11.4. The predicted molar refractivity (Wildman–Crippen MR) is 95.8 cm³/mol. The summed E-state index contributed by atoms with van der Waals surface area (Å²) in [4.78, 5) is 24.8. The molecule has 0 aliphatic carbocycles. The van der Waals surface area contributed by atoms with Crippen LogP contribution < -0.4 is 15.4 Å². The van der Waals surface area contributed by atoms with Crippen molar-refractivity contribution in [3.05, 3.63) is 23.0 Å². The molecule has 136 valence electrons. The monoisotopic (exact) mass is 346 g/mol. The summed E-state index contributed by atoms with van der Waals surface area (Å²) in [7, 11) is 0. The minimum Gasteiger partial charge on any atom is -0.333 e. The quantitative estimate of drug-likeness (QED) is 0.707. The van der Waals surface area contributed by atoms with Gasteiger partial charge in [0.25, 0.3) is 5.56 Å². The van der Waals surface area contributed by atoms with Crippen LogP contribution in [0.4, 0.5) is 0 Å². The fourth-order valence-electron chi connectivity index (χ4n) is 4.28. The molecule has 4 rings (SSSR count). The van der Waals surface area contributed by atoms with Crippen LogP contribution in [0.15, 0.2) is 17.4 Å². The lowest BCUT2D eigenvalue weighted by Crippen LogP contribution is -3.13. The normalized spacial score (nSPS) is 20.3. The summed E-state index contributed by atoms with van der Waals surface area (Å²) < 4.78 is 3.80. The van der Waals surface area contributed by atoms with Crippen LogP contribution in [-0.2, 0) is 13.2 Å². The number of nitrogens with one attached hydrogen (secondary N) is 2. The van der Waals surface area contributed by atoms with Gasteiger partial charge in [-0.05, 0) is 38.5 Å². The highest BCUT2D eigenvalue weighted by Crippen LogP contribution is 2.04. The molecule has 2 saturated heterocycles. The first-order valence-corrected chi connectivity index (χ1v) is 9.89. The zero-order valence-corrected chi connectivity index (χ0v) is 15.0. The van der Waals surface area contributed by atoms with E-state index in [1.165, 1.54) is 56.5 Å². The molecule has 2 fully saturated rings. The van der Waals surface area contributed by atoms with Gasteiger partial charge in [0.05, 0.1) is 45.6 Å². The third-order valence-corrected chi connectivity index (χ3v) is 5.81. The smallest absolute Gasteiger partial charge is 0.285 e. The first kappa shape index (κ1) is 16.7. The van der Waals surface area contributed by atoms with Gasteiger partial charge in [-0.1, -0.05) is 0 Å². The minimum absolute atomic E-state index is 0.00661. The van der Waals surface area contributed by atoms with E-state index in [-0.39, 0.29) is 5.56 Å². The number of fused-ring (bicyclic) bond motifs is 1. The zero-order chi connectivity index (χ0) is 17.1. The van der Waals surface area contributed by atoms with Crippen LogP contribution in [0, 0.1) is 0 Å². The van der Waals surface area contributed by atoms with Crippen molar-refractivity contribution in [3.63, 3.8) is 0 Å². The van der Waals surface area contributed by atoms with Crippen LogP contribution >= 0.6 is 0 Å². The van der Waals surface area contributed by atoms with Gasteiger partial charge >= 0.3 is 0 Å². The van der Waals surface area contributed by atoms with Crippen molar-refractivity contribution in [2.45, 2.75) is 51.7 Å². The Kier molecular flexibility index (Phi) is 5.12. The number of quaternary nitrogens is 2. The van der Waals surface area contributed by atoms with Crippen LogP contribution in [0.2, 0.25) is 0 Å². The van der Waals surface area contributed by atoms with Gasteiger partial charge in [-0.2, -0.15) is 0 Å².